The van der Waals surface area contributed by atoms with Crippen molar-refractivity contribution in [2.24, 2.45) is 0 Å². The topological polar surface area (TPSA) is 20.3 Å². The van der Waals surface area contributed by atoms with Gasteiger partial charge in [-0.3, -0.25) is 9.69 Å². The highest BCUT2D eigenvalue weighted by molar-refractivity contribution is 9.09. The number of hydrogen-bond acceptors (Lipinski definition) is 1. The molecule has 2 nitrogen and oxygen atoms in total. The van der Waals surface area contributed by atoms with Gasteiger partial charge in [0.05, 0.1) is 6.04 Å². The monoisotopic (exact) mass is 417 g/mol. The van der Waals surface area contributed by atoms with Crippen molar-refractivity contribution in [3.8, 4) is 0 Å². The minimum absolute atomic E-state index is 0.0510. The van der Waals surface area contributed by atoms with Gasteiger partial charge in [-0.25, -0.2) is 0 Å². The largest absolute Gasteiger partial charge is 0.300 e. The molecule has 134 valence electrons. The van der Waals surface area contributed by atoms with Gasteiger partial charge >= 0.3 is 0 Å². The number of benzene rings is 3. The number of nitrogens with zero attached hydrogens (tertiary/aromatic N) is 1. The summed E-state index contributed by atoms with van der Waals surface area (Å²) < 4.78 is 0. The van der Waals surface area contributed by atoms with Crippen LogP contribution >= 0.6 is 15.9 Å². The molecule has 3 heteroatoms. The van der Waals surface area contributed by atoms with Gasteiger partial charge in [-0.05, 0) is 47.7 Å². The zero-order chi connectivity index (χ0) is 18.4. The van der Waals surface area contributed by atoms with Gasteiger partial charge < -0.3 is 0 Å². The molecule has 0 fully saturated rings. The molecule has 0 N–H and O–H groups in total. The Bertz CT molecular complexity index is 986. The number of amides is 1. The molecule has 2 aliphatic rings. The maximum Gasteiger partial charge on any atom is 0.258 e. The maximum atomic E-state index is 13.6. The lowest BCUT2D eigenvalue weighted by molar-refractivity contribution is 0.0976. The number of anilines is 1. The van der Waals surface area contributed by atoms with Gasteiger partial charge in [0, 0.05) is 22.0 Å². The van der Waals surface area contributed by atoms with Crippen molar-refractivity contribution in [2.45, 2.75) is 29.6 Å². The Morgan fingerprint density at radius 3 is 2.30 bits per heavy atom. The van der Waals surface area contributed by atoms with Crippen LogP contribution in [0.5, 0.6) is 0 Å². The molecule has 3 atom stereocenters. The van der Waals surface area contributed by atoms with Gasteiger partial charge in [0.25, 0.3) is 5.91 Å². The molecular weight excluding hydrogens is 398 g/mol. The summed E-state index contributed by atoms with van der Waals surface area (Å²) in [5.74, 6) is 0.429. The van der Waals surface area contributed by atoms with Gasteiger partial charge in [0.2, 0.25) is 0 Å². The Kier molecular flexibility index (Phi) is 4.13. The molecular formula is C24H20BrNO. The Balaban J connectivity index is 1.71. The van der Waals surface area contributed by atoms with Gasteiger partial charge in [0.1, 0.15) is 0 Å². The van der Waals surface area contributed by atoms with Crippen molar-refractivity contribution < 1.29 is 4.79 Å². The van der Waals surface area contributed by atoms with Crippen LogP contribution < -0.4 is 4.90 Å². The number of halogens is 1. The molecule has 1 aliphatic carbocycles. The highest BCUT2D eigenvalue weighted by atomic mass is 79.9. The third kappa shape index (κ3) is 2.64. The predicted molar refractivity (Wildman–Crippen MR) is 113 cm³/mol. The van der Waals surface area contributed by atoms with E-state index in [4.69, 9.17) is 0 Å². The molecule has 0 radical (unpaired) electrons. The highest BCUT2D eigenvalue weighted by Gasteiger charge is 2.46. The zero-order valence-electron chi connectivity index (χ0n) is 14.9. The Hall–Kier alpha value is -2.39. The fourth-order valence-corrected chi connectivity index (χ4v) is 5.38. The fourth-order valence-electron chi connectivity index (χ4n) is 4.72. The first kappa shape index (κ1) is 16.8. The lowest BCUT2D eigenvalue weighted by Crippen LogP contribution is -2.33. The number of alkyl halides is 1. The summed E-state index contributed by atoms with van der Waals surface area (Å²) in [4.78, 5) is 16.0. The molecule has 27 heavy (non-hydrogen) atoms. The normalized spacial score (nSPS) is 23.1. The van der Waals surface area contributed by atoms with E-state index >= 15 is 0 Å². The van der Waals surface area contributed by atoms with E-state index in [1.807, 2.05) is 41.3 Å². The second kappa shape index (κ2) is 6.65. The van der Waals surface area contributed by atoms with Crippen molar-refractivity contribution in [1.82, 2.24) is 0 Å². The number of hydrogen-bond donors (Lipinski definition) is 0. The van der Waals surface area contributed by atoms with Gasteiger partial charge in [-0.2, -0.15) is 0 Å². The van der Waals surface area contributed by atoms with Gasteiger partial charge in [-0.1, -0.05) is 76.6 Å². The summed E-state index contributed by atoms with van der Waals surface area (Å²) >= 11 is 3.85. The van der Waals surface area contributed by atoms with Crippen molar-refractivity contribution in [1.29, 1.82) is 0 Å². The first-order valence-corrected chi connectivity index (χ1v) is 10.4. The van der Waals surface area contributed by atoms with E-state index in [0.717, 1.165) is 24.1 Å². The average molecular weight is 418 g/mol. The summed E-state index contributed by atoms with van der Waals surface area (Å²) in [6, 6.07) is 26.6. The first-order valence-electron chi connectivity index (χ1n) is 9.46. The van der Waals surface area contributed by atoms with Crippen LogP contribution in [0.15, 0.2) is 78.9 Å². The minimum Gasteiger partial charge on any atom is -0.300 e. The van der Waals surface area contributed by atoms with E-state index in [0.29, 0.717) is 10.7 Å². The standard InChI is InChI=1S/C24H20BrNO/c25-20-15-14-19-22-18(20)12-7-13-21(22)26(23(19)16-8-3-1-4-9-16)24(27)17-10-5-2-6-11-17/h1-13,19-20,23H,14-15H2. The Labute approximate surface area is 168 Å². The summed E-state index contributed by atoms with van der Waals surface area (Å²) in [7, 11) is 0. The van der Waals surface area contributed by atoms with Crippen molar-refractivity contribution in [3.05, 3.63) is 101 Å². The van der Waals surface area contributed by atoms with Crippen LogP contribution in [-0.2, 0) is 0 Å². The second-order valence-electron chi connectivity index (χ2n) is 7.33. The molecule has 1 aliphatic heterocycles. The van der Waals surface area contributed by atoms with E-state index < -0.39 is 0 Å². The lowest BCUT2D eigenvalue weighted by atomic mass is 9.79. The minimum atomic E-state index is 0.0510. The maximum absolute atomic E-state index is 13.6. The van der Waals surface area contributed by atoms with E-state index in [9.17, 15) is 4.79 Å². The molecule has 0 bridgehead atoms. The fraction of sp³-hybridized carbons (Fsp3) is 0.208. The SMILES string of the molecule is O=C(c1ccccc1)N1c2cccc3c2C(CCC3Br)C1c1ccccc1. The van der Waals surface area contributed by atoms with E-state index in [2.05, 4.69) is 58.4 Å². The molecule has 0 spiro atoms. The van der Waals surface area contributed by atoms with Gasteiger partial charge in [-0.15, -0.1) is 0 Å². The van der Waals surface area contributed by atoms with Crippen LogP contribution in [0.1, 0.15) is 56.7 Å². The highest BCUT2D eigenvalue weighted by Crippen LogP contribution is 2.57. The van der Waals surface area contributed by atoms with Crippen molar-refractivity contribution in [3.63, 3.8) is 0 Å². The van der Waals surface area contributed by atoms with Crippen LogP contribution in [0, 0.1) is 0 Å². The van der Waals surface area contributed by atoms with E-state index in [1.54, 1.807) is 0 Å². The lowest BCUT2D eigenvalue weighted by Gasteiger charge is -2.31. The quantitative estimate of drug-likeness (QED) is 0.441. The first-order chi connectivity index (χ1) is 13.3. The molecule has 3 aromatic rings. The predicted octanol–water partition coefficient (Wildman–Crippen LogP) is 6.40. The third-order valence-electron chi connectivity index (χ3n) is 5.86. The van der Waals surface area contributed by atoms with Crippen LogP contribution in [0.4, 0.5) is 5.69 Å². The molecule has 0 saturated heterocycles. The van der Waals surface area contributed by atoms with Crippen LogP contribution in [0.25, 0.3) is 0 Å². The summed E-state index contributed by atoms with van der Waals surface area (Å²) in [5.41, 5.74) is 5.72. The zero-order valence-corrected chi connectivity index (χ0v) is 16.5. The number of carbonyl (C=O) groups is 1. The molecule has 0 aromatic heterocycles. The molecule has 3 aromatic carbocycles. The smallest absolute Gasteiger partial charge is 0.258 e. The molecule has 1 amide bonds. The summed E-state index contributed by atoms with van der Waals surface area (Å²) in [5, 5.41) is 0. The third-order valence-corrected chi connectivity index (χ3v) is 6.81. The Morgan fingerprint density at radius 1 is 0.852 bits per heavy atom. The molecule has 3 unspecified atom stereocenters. The van der Waals surface area contributed by atoms with E-state index in [-0.39, 0.29) is 11.9 Å². The van der Waals surface area contributed by atoms with Crippen LogP contribution in [-0.4, -0.2) is 5.91 Å². The molecule has 5 rings (SSSR count). The van der Waals surface area contributed by atoms with Crippen LogP contribution in [0.3, 0.4) is 0 Å². The molecule has 0 saturated carbocycles. The summed E-state index contributed by atoms with van der Waals surface area (Å²) in [6.07, 6.45) is 2.18. The summed E-state index contributed by atoms with van der Waals surface area (Å²) in [6.45, 7) is 0. The average Bonchev–Trinajstić information content (AvgIpc) is 3.07. The Morgan fingerprint density at radius 2 is 1.56 bits per heavy atom. The van der Waals surface area contributed by atoms with E-state index in [1.165, 1.54) is 16.7 Å². The molecule has 1 heterocycles. The van der Waals surface area contributed by atoms with Crippen LogP contribution in [0.2, 0.25) is 0 Å². The van der Waals surface area contributed by atoms with Crippen molar-refractivity contribution in [2.75, 3.05) is 4.90 Å². The number of carbonyl (C=O) groups excluding carboxylic acids is 1. The van der Waals surface area contributed by atoms with Crippen molar-refractivity contribution >= 4 is 27.5 Å². The second-order valence-corrected chi connectivity index (χ2v) is 8.43. The number of rotatable bonds is 2. The van der Waals surface area contributed by atoms with Gasteiger partial charge in [0.15, 0.2) is 0 Å².